The Kier molecular flexibility index (Phi) is 3.77. The summed E-state index contributed by atoms with van der Waals surface area (Å²) in [5.74, 6) is -1.39. The number of hydrogen-bond donors (Lipinski definition) is 0. The van der Waals surface area contributed by atoms with E-state index in [4.69, 9.17) is 0 Å². The van der Waals surface area contributed by atoms with Gasteiger partial charge in [0.05, 0.1) is 0 Å². The average molecular weight is 247 g/mol. The highest BCUT2D eigenvalue weighted by Crippen LogP contribution is 2.19. The number of halogens is 2. The van der Waals surface area contributed by atoms with Crippen molar-refractivity contribution < 1.29 is 13.6 Å². The number of carbonyl (C=O) groups excluding carboxylic acids is 1. The van der Waals surface area contributed by atoms with Crippen LogP contribution in [0.25, 0.3) is 0 Å². The maximum atomic E-state index is 13.0. The van der Waals surface area contributed by atoms with E-state index in [1.54, 1.807) is 18.2 Å². The topological polar surface area (TPSA) is 30.0 Å². The fourth-order valence-electron chi connectivity index (χ4n) is 1.77. The smallest absolute Gasteiger partial charge is 0.213 e. The van der Waals surface area contributed by atoms with Gasteiger partial charge in [-0.15, -0.1) is 0 Å². The van der Waals surface area contributed by atoms with Crippen molar-refractivity contribution in [3.05, 3.63) is 65.5 Å². The molecule has 92 valence electrons. The molecule has 1 heterocycles. The van der Waals surface area contributed by atoms with Crippen LogP contribution in [0.1, 0.15) is 17.0 Å². The molecule has 0 bridgehead atoms. The molecule has 4 heteroatoms. The number of pyridine rings is 1. The Morgan fingerprint density at radius 2 is 1.89 bits per heavy atom. The maximum absolute atomic E-state index is 13.0. The van der Waals surface area contributed by atoms with Gasteiger partial charge >= 0.3 is 0 Å². The number of nitrogens with zero attached hydrogens (tertiary/aromatic N) is 1. The van der Waals surface area contributed by atoms with E-state index in [0.29, 0.717) is 12.0 Å². The molecule has 2 aromatic rings. The number of aromatic nitrogens is 1. The van der Waals surface area contributed by atoms with Crippen molar-refractivity contribution in [1.82, 2.24) is 4.98 Å². The minimum Gasteiger partial charge on any atom is -0.303 e. The lowest BCUT2D eigenvalue weighted by Gasteiger charge is -2.10. The highest BCUT2D eigenvalue weighted by Gasteiger charge is 2.12. The summed E-state index contributed by atoms with van der Waals surface area (Å²) in [6, 6.07) is 8.75. The van der Waals surface area contributed by atoms with Crippen LogP contribution < -0.4 is 0 Å². The van der Waals surface area contributed by atoms with Gasteiger partial charge in [0, 0.05) is 12.1 Å². The Balaban J connectivity index is 2.19. The summed E-state index contributed by atoms with van der Waals surface area (Å²) in [6.07, 6.45) is 2.50. The number of hydrogen-bond acceptors (Lipinski definition) is 2. The molecule has 0 saturated carbocycles. The average Bonchev–Trinajstić information content (AvgIpc) is 2.38. The highest BCUT2D eigenvalue weighted by atomic mass is 19.1. The van der Waals surface area contributed by atoms with Crippen LogP contribution in [0.2, 0.25) is 0 Å². The molecule has 0 aliphatic rings. The van der Waals surface area contributed by atoms with Crippen LogP contribution in [0.15, 0.2) is 42.6 Å². The molecule has 0 N–H and O–H groups in total. The lowest BCUT2D eigenvalue weighted by molar-refractivity contribution is -0.109. The third kappa shape index (κ3) is 2.97. The van der Waals surface area contributed by atoms with E-state index in [9.17, 15) is 13.6 Å². The Hall–Kier alpha value is -2.10. The van der Waals surface area contributed by atoms with Crippen LogP contribution in [-0.4, -0.2) is 11.3 Å². The van der Waals surface area contributed by atoms with Crippen LogP contribution in [-0.2, 0) is 11.2 Å². The summed E-state index contributed by atoms with van der Waals surface area (Å²) in [6.45, 7) is 0. The molecular formula is C14H11F2NO. The Labute approximate surface area is 103 Å². The normalized spacial score (nSPS) is 12.1. The van der Waals surface area contributed by atoms with Gasteiger partial charge in [0.15, 0.2) is 0 Å². The molecule has 18 heavy (non-hydrogen) atoms. The van der Waals surface area contributed by atoms with Crippen molar-refractivity contribution in [1.29, 1.82) is 0 Å². The van der Waals surface area contributed by atoms with Gasteiger partial charge in [-0.2, -0.15) is 4.39 Å². The van der Waals surface area contributed by atoms with Crippen molar-refractivity contribution in [2.75, 3.05) is 0 Å². The standard InChI is InChI=1S/C14H11F2NO/c15-13-3-1-10(2-4-13)7-12(9-18)11-5-6-17-14(16)8-11/h1-6,8-9,12H,7H2. The molecule has 0 aliphatic carbocycles. The zero-order valence-electron chi connectivity index (χ0n) is 9.51. The van der Waals surface area contributed by atoms with Crippen molar-refractivity contribution in [3.8, 4) is 0 Å². The Bertz CT molecular complexity index is 540. The van der Waals surface area contributed by atoms with Gasteiger partial charge in [0.25, 0.3) is 0 Å². The molecule has 2 rings (SSSR count). The molecule has 0 aliphatic heterocycles. The summed E-state index contributed by atoms with van der Waals surface area (Å²) in [7, 11) is 0. The van der Waals surface area contributed by atoms with E-state index in [-0.39, 0.29) is 5.82 Å². The van der Waals surface area contributed by atoms with Crippen molar-refractivity contribution in [2.45, 2.75) is 12.3 Å². The van der Waals surface area contributed by atoms with E-state index < -0.39 is 11.9 Å². The molecule has 1 aromatic carbocycles. The fourth-order valence-corrected chi connectivity index (χ4v) is 1.77. The van der Waals surface area contributed by atoms with E-state index in [1.807, 2.05) is 0 Å². The minimum absolute atomic E-state index is 0.323. The van der Waals surface area contributed by atoms with Gasteiger partial charge in [-0.1, -0.05) is 12.1 Å². The van der Waals surface area contributed by atoms with Crippen LogP contribution in [0.3, 0.4) is 0 Å². The first kappa shape index (κ1) is 12.4. The summed E-state index contributed by atoms with van der Waals surface area (Å²) in [5, 5.41) is 0. The molecule has 0 spiro atoms. The summed E-state index contributed by atoms with van der Waals surface area (Å²) in [5.41, 5.74) is 1.40. The third-order valence-electron chi connectivity index (χ3n) is 2.71. The number of carbonyl (C=O) groups is 1. The maximum Gasteiger partial charge on any atom is 0.213 e. The van der Waals surface area contributed by atoms with Gasteiger partial charge in [-0.05, 0) is 41.8 Å². The Morgan fingerprint density at radius 1 is 1.17 bits per heavy atom. The zero-order valence-corrected chi connectivity index (χ0v) is 9.51. The van der Waals surface area contributed by atoms with Gasteiger partial charge in [-0.25, -0.2) is 9.37 Å². The molecule has 0 fully saturated rings. The number of rotatable bonds is 4. The van der Waals surface area contributed by atoms with Crippen molar-refractivity contribution >= 4 is 6.29 Å². The second-order valence-electron chi connectivity index (χ2n) is 3.99. The monoisotopic (exact) mass is 247 g/mol. The molecule has 1 aromatic heterocycles. The first-order valence-electron chi connectivity index (χ1n) is 5.50. The van der Waals surface area contributed by atoms with E-state index in [2.05, 4.69) is 4.98 Å². The highest BCUT2D eigenvalue weighted by molar-refractivity contribution is 5.62. The van der Waals surface area contributed by atoms with Gasteiger partial charge in [-0.3, -0.25) is 0 Å². The predicted octanol–water partition coefficient (Wildman–Crippen LogP) is 2.89. The van der Waals surface area contributed by atoms with Crippen LogP contribution in [0, 0.1) is 11.8 Å². The first-order chi connectivity index (χ1) is 8.69. The fraction of sp³-hybridized carbons (Fsp3) is 0.143. The second-order valence-corrected chi connectivity index (χ2v) is 3.99. The van der Waals surface area contributed by atoms with Gasteiger partial charge in [0.2, 0.25) is 5.95 Å². The molecule has 1 unspecified atom stereocenters. The van der Waals surface area contributed by atoms with E-state index in [1.165, 1.54) is 24.4 Å². The summed E-state index contributed by atoms with van der Waals surface area (Å²) >= 11 is 0. The van der Waals surface area contributed by atoms with E-state index in [0.717, 1.165) is 11.8 Å². The lowest BCUT2D eigenvalue weighted by atomic mass is 9.94. The van der Waals surface area contributed by atoms with Crippen LogP contribution >= 0.6 is 0 Å². The zero-order chi connectivity index (χ0) is 13.0. The lowest BCUT2D eigenvalue weighted by Crippen LogP contribution is -2.05. The molecule has 0 radical (unpaired) electrons. The van der Waals surface area contributed by atoms with Gasteiger partial charge in [0.1, 0.15) is 12.1 Å². The van der Waals surface area contributed by atoms with Crippen molar-refractivity contribution in [3.63, 3.8) is 0 Å². The molecule has 1 atom stereocenters. The first-order valence-corrected chi connectivity index (χ1v) is 5.50. The number of aldehydes is 1. The summed E-state index contributed by atoms with van der Waals surface area (Å²) in [4.78, 5) is 14.5. The molecule has 2 nitrogen and oxygen atoms in total. The van der Waals surface area contributed by atoms with Crippen LogP contribution in [0.4, 0.5) is 8.78 Å². The number of benzene rings is 1. The predicted molar refractivity (Wildman–Crippen MR) is 63.1 cm³/mol. The van der Waals surface area contributed by atoms with Crippen molar-refractivity contribution in [2.24, 2.45) is 0 Å². The SMILES string of the molecule is O=CC(Cc1ccc(F)cc1)c1ccnc(F)c1. The largest absolute Gasteiger partial charge is 0.303 e. The Morgan fingerprint density at radius 3 is 2.50 bits per heavy atom. The second kappa shape index (κ2) is 5.49. The van der Waals surface area contributed by atoms with E-state index >= 15 is 0 Å². The quantitative estimate of drug-likeness (QED) is 0.614. The van der Waals surface area contributed by atoms with Crippen LogP contribution in [0.5, 0.6) is 0 Å². The molecule has 0 saturated heterocycles. The minimum atomic E-state index is -0.613. The summed E-state index contributed by atoms with van der Waals surface area (Å²) < 4.78 is 25.7. The van der Waals surface area contributed by atoms with Gasteiger partial charge < -0.3 is 4.79 Å². The molecule has 0 amide bonds. The molecular weight excluding hydrogens is 236 g/mol. The third-order valence-corrected chi connectivity index (χ3v) is 2.71.